The Morgan fingerprint density at radius 3 is 2.85 bits per heavy atom. The molecule has 0 aromatic heterocycles. The quantitative estimate of drug-likeness (QED) is 0.867. The molecule has 13 heavy (non-hydrogen) atoms. The van der Waals surface area contributed by atoms with Gasteiger partial charge in [-0.1, -0.05) is 46.2 Å². The molecular formula is C10H11BrClN. The maximum atomic E-state index is 6.01. The Kier molecular flexibility index (Phi) is 3.82. The Morgan fingerprint density at radius 1 is 1.62 bits per heavy atom. The van der Waals surface area contributed by atoms with Crippen molar-refractivity contribution in [3.05, 3.63) is 39.8 Å². The first-order valence-electron chi connectivity index (χ1n) is 3.93. The molecule has 0 amide bonds. The lowest BCUT2D eigenvalue weighted by atomic mass is 10.2. The molecule has 1 nitrogen and oxygen atoms in total. The largest absolute Gasteiger partial charge is 0.379 e. The van der Waals surface area contributed by atoms with Gasteiger partial charge in [-0.15, -0.1) is 0 Å². The predicted molar refractivity (Wildman–Crippen MR) is 62.7 cm³/mol. The number of rotatable bonds is 3. The number of para-hydroxylation sites is 1. The predicted octanol–water partition coefficient (Wildman–Crippen LogP) is 3.97. The van der Waals surface area contributed by atoms with E-state index in [9.17, 15) is 0 Å². The van der Waals surface area contributed by atoms with Gasteiger partial charge in [0, 0.05) is 11.0 Å². The maximum absolute atomic E-state index is 6.01. The van der Waals surface area contributed by atoms with E-state index in [-0.39, 0.29) is 0 Å². The molecule has 0 saturated carbocycles. The van der Waals surface area contributed by atoms with Gasteiger partial charge in [0.25, 0.3) is 0 Å². The van der Waals surface area contributed by atoms with Gasteiger partial charge in [-0.25, -0.2) is 0 Å². The summed E-state index contributed by atoms with van der Waals surface area (Å²) in [5, 5.41) is 3.95. The van der Waals surface area contributed by atoms with Crippen LogP contribution in [0.5, 0.6) is 0 Å². The van der Waals surface area contributed by atoms with Crippen molar-refractivity contribution in [2.75, 3.05) is 11.9 Å². The lowest BCUT2D eigenvalue weighted by Gasteiger charge is -2.10. The first-order chi connectivity index (χ1) is 6.11. The molecule has 0 aliphatic rings. The SMILES string of the molecule is C=C(Br)CNc1c(C)cccc1Cl. The summed E-state index contributed by atoms with van der Waals surface area (Å²) in [4.78, 5) is 0. The number of anilines is 1. The number of aryl methyl sites for hydroxylation is 1. The standard InChI is InChI=1S/C10H11BrClN/c1-7-4-3-5-9(12)10(7)13-6-8(2)11/h3-5,13H,2,6H2,1H3. The Balaban J connectivity index is 2.81. The molecule has 1 rings (SSSR count). The Bertz CT molecular complexity index is 302. The molecule has 0 unspecified atom stereocenters. The van der Waals surface area contributed by atoms with Crippen LogP contribution in [0.1, 0.15) is 5.56 Å². The van der Waals surface area contributed by atoms with E-state index >= 15 is 0 Å². The van der Waals surface area contributed by atoms with Crippen molar-refractivity contribution in [3.63, 3.8) is 0 Å². The van der Waals surface area contributed by atoms with E-state index in [0.717, 1.165) is 20.8 Å². The highest BCUT2D eigenvalue weighted by molar-refractivity contribution is 9.11. The average Bonchev–Trinajstić information content (AvgIpc) is 2.03. The fourth-order valence-electron chi connectivity index (χ4n) is 1.04. The van der Waals surface area contributed by atoms with Gasteiger partial charge in [0.05, 0.1) is 10.7 Å². The van der Waals surface area contributed by atoms with E-state index < -0.39 is 0 Å². The van der Waals surface area contributed by atoms with Crippen LogP contribution in [0.4, 0.5) is 5.69 Å². The summed E-state index contributed by atoms with van der Waals surface area (Å²) in [6.45, 7) is 6.44. The fraction of sp³-hybridized carbons (Fsp3) is 0.200. The molecule has 0 aliphatic carbocycles. The molecule has 70 valence electrons. The van der Waals surface area contributed by atoms with Gasteiger partial charge >= 0.3 is 0 Å². The van der Waals surface area contributed by atoms with Crippen LogP contribution in [0.2, 0.25) is 5.02 Å². The number of halogens is 2. The van der Waals surface area contributed by atoms with Crippen molar-refractivity contribution in [1.82, 2.24) is 0 Å². The van der Waals surface area contributed by atoms with Gasteiger partial charge in [-0.3, -0.25) is 0 Å². The minimum atomic E-state index is 0.685. The summed E-state index contributed by atoms with van der Waals surface area (Å²) in [6, 6.07) is 5.82. The third-order valence-electron chi connectivity index (χ3n) is 1.68. The van der Waals surface area contributed by atoms with Crippen molar-refractivity contribution in [3.8, 4) is 0 Å². The second-order valence-corrected chi connectivity index (χ2v) is 4.33. The van der Waals surface area contributed by atoms with E-state index in [4.69, 9.17) is 11.6 Å². The van der Waals surface area contributed by atoms with Crippen LogP contribution in [-0.2, 0) is 0 Å². The third kappa shape index (κ3) is 3.05. The lowest BCUT2D eigenvalue weighted by Crippen LogP contribution is -2.02. The molecule has 1 aromatic carbocycles. The normalized spacial score (nSPS) is 9.77. The van der Waals surface area contributed by atoms with Crippen molar-refractivity contribution in [2.24, 2.45) is 0 Å². The monoisotopic (exact) mass is 259 g/mol. The molecule has 1 aromatic rings. The molecular weight excluding hydrogens is 249 g/mol. The van der Waals surface area contributed by atoms with E-state index in [2.05, 4.69) is 27.8 Å². The second kappa shape index (κ2) is 4.68. The van der Waals surface area contributed by atoms with Gasteiger partial charge < -0.3 is 5.32 Å². The van der Waals surface area contributed by atoms with Crippen LogP contribution in [0.3, 0.4) is 0 Å². The highest BCUT2D eigenvalue weighted by atomic mass is 79.9. The Labute approximate surface area is 91.9 Å². The van der Waals surface area contributed by atoms with Crippen LogP contribution < -0.4 is 5.32 Å². The van der Waals surface area contributed by atoms with Crippen LogP contribution in [0.15, 0.2) is 29.3 Å². The summed E-state index contributed by atoms with van der Waals surface area (Å²) in [5.41, 5.74) is 2.12. The summed E-state index contributed by atoms with van der Waals surface area (Å²) >= 11 is 9.29. The van der Waals surface area contributed by atoms with Crippen LogP contribution >= 0.6 is 27.5 Å². The van der Waals surface area contributed by atoms with Crippen molar-refractivity contribution >= 4 is 33.2 Å². The first kappa shape index (κ1) is 10.6. The topological polar surface area (TPSA) is 12.0 Å². The summed E-state index contributed by atoms with van der Waals surface area (Å²) in [6.07, 6.45) is 0. The molecule has 0 saturated heterocycles. The molecule has 0 bridgehead atoms. The molecule has 3 heteroatoms. The molecule has 0 spiro atoms. The van der Waals surface area contributed by atoms with Crippen molar-refractivity contribution in [1.29, 1.82) is 0 Å². The first-order valence-corrected chi connectivity index (χ1v) is 5.10. The Hall–Kier alpha value is -0.470. The summed E-state index contributed by atoms with van der Waals surface area (Å²) in [7, 11) is 0. The van der Waals surface area contributed by atoms with Crippen molar-refractivity contribution in [2.45, 2.75) is 6.92 Å². The minimum absolute atomic E-state index is 0.685. The van der Waals surface area contributed by atoms with E-state index in [1.54, 1.807) is 0 Å². The summed E-state index contributed by atoms with van der Waals surface area (Å²) in [5.74, 6) is 0. The van der Waals surface area contributed by atoms with E-state index in [0.29, 0.717) is 6.54 Å². The van der Waals surface area contributed by atoms with Gasteiger partial charge in [-0.2, -0.15) is 0 Å². The van der Waals surface area contributed by atoms with Gasteiger partial charge in [-0.05, 0) is 18.6 Å². The maximum Gasteiger partial charge on any atom is 0.0640 e. The molecule has 0 fully saturated rings. The smallest absolute Gasteiger partial charge is 0.0640 e. The zero-order valence-corrected chi connectivity index (χ0v) is 9.74. The molecule has 1 N–H and O–H groups in total. The number of hydrogen-bond donors (Lipinski definition) is 1. The van der Waals surface area contributed by atoms with Crippen LogP contribution in [-0.4, -0.2) is 6.54 Å². The second-order valence-electron chi connectivity index (χ2n) is 2.80. The molecule has 0 aliphatic heterocycles. The summed E-state index contributed by atoms with van der Waals surface area (Å²) < 4.78 is 0.909. The average molecular weight is 261 g/mol. The van der Waals surface area contributed by atoms with Gasteiger partial charge in [0.2, 0.25) is 0 Å². The third-order valence-corrected chi connectivity index (χ3v) is 2.27. The highest BCUT2D eigenvalue weighted by Gasteiger charge is 2.01. The zero-order valence-electron chi connectivity index (χ0n) is 7.40. The minimum Gasteiger partial charge on any atom is -0.379 e. The van der Waals surface area contributed by atoms with E-state index in [1.165, 1.54) is 0 Å². The highest BCUT2D eigenvalue weighted by Crippen LogP contribution is 2.25. The van der Waals surface area contributed by atoms with Gasteiger partial charge in [0.15, 0.2) is 0 Å². The van der Waals surface area contributed by atoms with Gasteiger partial charge in [0.1, 0.15) is 0 Å². The number of nitrogens with one attached hydrogen (secondary N) is 1. The lowest BCUT2D eigenvalue weighted by molar-refractivity contribution is 1.30. The molecule has 0 heterocycles. The fourth-order valence-corrected chi connectivity index (χ4v) is 1.47. The molecule has 0 atom stereocenters. The van der Waals surface area contributed by atoms with E-state index in [1.807, 2.05) is 25.1 Å². The number of benzene rings is 1. The van der Waals surface area contributed by atoms with Crippen LogP contribution in [0.25, 0.3) is 0 Å². The molecule has 0 radical (unpaired) electrons. The zero-order chi connectivity index (χ0) is 9.84. The van der Waals surface area contributed by atoms with Crippen molar-refractivity contribution < 1.29 is 0 Å². The Morgan fingerprint density at radius 2 is 2.31 bits per heavy atom. The number of hydrogen-bond acceptors (Lipinski definition) is 1. The van der Waals surface area contributed by atoms with Crippen LogP contribution in [0, 0.1) is 6.92 Å².